The van der Waals surface area contributed by atoms with Crippen molar-refractivity contribution >= 4 is 33.4 Å². The lowest BCUT2D eigenvalue weighted by Gasteiger charge is -2.18. The minimum Gasteiger partial charge on any atom is -0.445 e. The number of thiophene rings is 1. The lowest BCUT2D eigenvalue weighted by molar-refractivity contribution is -0.135. The van der Waals surface area contributed by atoms with Crippen LogP contribution in [0.2, 0.25) is 0 Å². The van der Waals surface area contributed by atoms with Crippen molar-refractivity contribution in [2.45, 2.75) is 13.2 Å². The van der Waals surface area contributed by atoms with Gasteiger partial charge in [-0.2, -0.15) is 10.1 Å². The second-order valence-corrected chi connectivity index (χ2v) is 8.97. The van der Waals surface area contributed by atoms with Gasteiger partial charge in [-0.25, -0.2) is 4.68 Å². The molecule has 2 aromatic heterocycles. The average molecular weight is 465 g/mol. The molecule has 166 valence electrons. The maximum atomic E-state index is 12.3. The van der Waals surface area contributed by atoms with E-state index in [-0.39, 0.29) is 5.91 Å². The summed E-state index contributed by atoms with van der Waals surface area (Å²) in [6.07, 6.45) is -0.585. The molecule has 1 aliphatic rings. The number of hydrazone groups is 1. The summed E-state index contributed by atoms with van der Waals surface area (Å²) < 4.78 is 8.19. The molecule has 0 radical (unpaired) electrons. The normalized spacial score (nSPS) is 15.4. The number of benzene rings is 3. The monoisotopic (exact) mass is 464 g/mol. The van der Waals surface area contributed by atoms with E-state index >= 15 is 0 Å². The zero-order chi connectivity index (χ0) is 23.1. The number of aromatic nitrogens is 2. The van der Waals surface area contributed by atoms with E-state index in [1.807, 2.05) is 83.5 Å². The van der Waals surface area contributed by atoms with E-state index in [0.717, 1.165) is 37.6 Å². The number of hydrogen-bond acceptors (Lipinski definition) is 5. The first-order valence-corrected chi connectivity index (χ1v) is 11.7. The van der Waals surface area contributed by atoms with E-state index in [4.69, 9.17) is 9.84 Å². The Hall–Kier alpha value is -4.23. The molecule has 6 rings (SSSR count). The average Bonchev–Trinajstić information content (AvgIpc) is 3.59. The lowest BCUT2D eigenvalue weighted by Crippen LogP contribution is -2.25. The molecule has 0 fully saturated rings. The van der Waals surface area contributed by atoms with Gasteiger partial charge in [0, 0.05) is 23.4 Å². The van der Waals surface area contributed by atoms with Crippen LogP contribution in [0.15, 0.2) is 102 Å². The summed E-state index contributed by atoms with van der Waals surface area (Å²) in [6, 6.07) is 31.9. The summed E-state index contributed by atoms with van der Waals surface area (Å²) in [5.74, 6) is 0.259. The van der Waals surface area contributed by atoms with Crippen LogP contribution >= 0.6 is 11.3 Å². The Bertz CT molecular complexity index is 1440. The van der Waals surface area contributed by atoms with Crippen molar-refractivity contribution in [3.8, 4) is 16.9 Å². The van der Waals surface area contributed by atoms with Crippen LogP contribution in [0, 0.1) is 0 Å². The van der Waals surface area contributed by atoms with Crippen molar-refractivity contribution in [1.29, 1.82) is 0 Å². The van der Waals surface area contributed by atoms with Gasteiger partial charge in [-0.1, -0.05) is 78.9 Å². The van der Waals surface area contributed by atoms with Gasteiger partial charge in [0.05, 0.1) is 10.6 Å². The Kier molecular flexibility index (Phi) is 4.96. The summed E-state index contributed by atoms with van der Waals surface area (Å²) in [5.41, 5.74) is 3.78. The molecule has 0 saturated heterocycles. The maximum Gasteiger partial charge on any atom is 0.251 e. The third kappa shape index (κ3) is 3.47. The number of amides is 1. The van der Waals surface area contributed by atoms with Crippen LogP contribution in [0.3, 0.4) is 0 Å². The number of rotatable bonds is 4. The summed E-state index contributed by atoms with van der Waals surface area (Å²) in [5, 5.41) is 11.9. The van der Waals surface area contributed by atoms with E-state index in [1.54, 1.807) is 11.3 Å². The van der Waals surface area contributed by atoms with Crippen molar-refractivity contribution in [2.24, 2.45) is 5.10 Å². The molecule has 0 N–H and O–H groups in total. The largest absolute Gasteiger partial charge is 0.445 e. The number of fused-ring (bicyclic) bond motifs is 1. The molecular weight excluding hydrogens is 444 g/mol. The van der Waals surface area contributed by atoms with Crippen molar-refractivity contribution in [3.05, 3.63) is 108 Å². The Morgan fingerprint density at radius 3 is 2.24 bits per heavy atom. The Balaban J connectivity index is 1.48. The van der Waals surface area contributed by atoms with Crippen LogP contribution in [-0.2, 0) is 9.53 Å². The van der Waals surface area contributed by atoms with Gasteiger partial charge in [-0.05, 0) is 18.2 Å². The Morgan fingerprint density at radius 1 is 0.912 bits per heavy atom. The lowest BCUT2D eigenvalue weighted by atomic mass is 10.1. The van der Waals surface area contributed by atoms with Gasteiger partial charge >= 0.3 is 0 Å². The Labute approximate surface area is 200 Å². The summed E-state index contributed by atoms with van der Waals surface area (Å²) in [7, 11) is 0. The van der Waals surface area contributed by atoms with Crippen molar-refractivity contribution in [2.75, 3.05) is 0 Å². The van der Waals surface area contributed by atoms with Gasteiger partial charge in [-0.15, -0.1) is 16.4 Å². The third-order valence-electron chi connectivity index (χ3n) is 5.67. The number of carbonyl (C=O) groups excluding carboxylic acids is 1. The van der Waals surface area contributed by atoms with Gasteiger partial charge in [0.15, 0.2) is 0 Å². The molecule has 3 aromatic carbocycles. The van der Waals surface area contributed by atoms with Crippen LogP contribution in [0.25, 0.3) is 27.2 Å². The van der Waals surface area contributed by atoms with Crippen molar-refractivity contribution < 1.29 is 9.53 Å². The van der Waals surface area contributed by atoms with Crippen molar-refractivity contribution in [1.82, 2.24) is 14.8 Å². The predicted molar refractivity (Wildman–Crippen MR) is 134 cm³/mol. The fourth-order valence-electron chi connectivity index (χ4n) is 4.07. The van der Waals surface area contributed by atoms with E-state index in [2.05, 4.69) is 23.3 Å². The van der Waals surface area contributed by atoms with Gasteiger partial charge in [-0.3, -0.25) is 4.79 Å². The molecule has 0 bridgehead atoms. The van der Waals surface area contributed by atoms with Crippen LogP contribution < -0.4 is 0 Å². The highest BCUT2D eigenvalue weighted by molar-refractivity contribution is 7.20. The van der Waals surface area contributed by atoms with Crippen LogP contribution in [-0.4, -0.2) is 26.6 Å². The standard InChI is InChI=1S/C27H20N4O2S/c1-18(32)30-26(20-13-7-3-8-14-20)33-25(29-30)23-17-22-24(19-11-5-2-6-12-19)28-31(27(22)34-23)21-15-9-4-10-16-21/h2-17,26H,1H3. The van der Waals surface area contributed by atoms with E-state index in [9.17, 15) is 4.79 Å². The molecule has 1 unspecified atom stereocenters. The number of carbonyl (C=O) groups is 1. The summed E-state index contributed by atoms with van der Waals surface area (Å²) in [6.45, 7) is 1.50. The van der Waals surface area contributed by atoms with Crippen LogP contribution in [0.4, 0.5) is 0 Å². The van der Waals surface area contributed by atoms with E-state index in [0.29, 0.717) is 5.90 Å². The highest BCUT2D eigenvalue weighted by Crippen LogP contribution is 2.38. The quantitative estimate of drug-likeness (QED) is 0.328. The highest BCUT2D eigenvalue weighted by Gasteiger charge is 2.34. The molecule has 34 heavy (non-hydrogen) atoms. The first-order valence-electron chi connectivity index (χ1n) is 10.9. The first kappa shape index (κ1) is 20.4. The topological polar surface area (TPSA) is 59.7 Å². The van der Waals surface area contributed by atoms with Crippen LogP contribution in [0.5, 0.6) is 0 Å². The van der Waals surface area contributed by atoms with E-state index < -0.39 is 6.23 Å². The maximum absolute atomic E-state index is 12.3. The fraction of sp³-hybridized carbons (Fsp3) is 0.0741. The SMILES string of the molecule is CC(=O)N1N=C(c2cc3c(-c4ccccc4)nn(-c4ccccc4)c3s2)OC1c1ccccc1. The fourth-order valence-corrected chi connectivity index (χ4v) is 5.13. The zero-order valence-electron chi connectivity index (χ0n) is 18.3. The molecule has 0 spiro atoms. The van der Waals surface area contributed by atoms with Crippen molar-refractivity contribution in [3.63, 3.8) is 0 Å². The summed E-state index contributed by atoms with van der Waals surface area (Å²) in [4.78, 5) is 14.2. The number of nitrogens with zero attached hydrogens (tertiary/aromatic N) is 4. The smallest absolute Gasteiger partial charge is 0.251 e. The van der Waals surface area contributed by atoms with E-state index in [1.165, 1.54) is 11.9 Å². The molecule has 0 aliphatic carbocycles. The Morgan fingerprint density at radius 2 is 1.56 bits per heavy atom. The van der Waals surface area contributed by atoms with Gasteiger partial charge in [0.25, 0.3) is 5.90 Å². The zero-order valence-corrected chi connectivity index (χ0v) is 19.1. The molecule has 1 aliphatic heterocycles. The molecule has 3 heterocycles. The van der Waals surface area contributed by atoms with Crippen LogP contribution in [0.1, 0.15) is 23.6 Å². The molecule has 5 aromatic rings. The molecule has 1 amide bonds. The van der Waals surface area contributed by atoms with Gasteiger partial charge in [0.1, 0.15) is 10.5 Å². The highest BCUT2D eigenvalue weighted by atomic mass is 32.1. The second-order valence-electron chi connectivity index (χ2n) is 7.94. The number of para-hydroxylation sites is 1. The molecule has 1 atom stereocenters. The number of ether oxygens (including phenoxy) is 1. The number of hydrogen-bond donors (Lipinski definition) is 0. The van der Waals surface area contributed by atoms with Gasteiger partial charge in [0.2, 0.25) is 12.1 Å². The first-order chi connectivity index (χ1) is 16.7. The second kappa shape index (κ2) is 8.28. The molecule has 6 nitrogen and oxygen atoms in total. The minimum absolute atomic E-state index is 0.176. The predicted octanol–water partition coefficient (Wildman–Crippen LogP) is 5.99. The minimum atomic E-state index is -0.585. The molecular formula is C27H20N4O2S. The molecule has 0 saturated carbocycles. The third-order valence-corrected chi connectivity index (χ3v) is 6.77. The molecule has 7 heteroatoms. The summed E-state index contributed by atoms with van der Waals surface area (Å²) >= 11 is 1.55. The van der Waals surface area contributed by atoms with Gasteiger partial charge < -0.3 is 4.74 Å².